The van der Waals surface area contributed by atoms with E-state index in [1.807, 2.05) is 12.1 Å². The molecule has 2 aliphatic rings. The van der Waals surface area contributed by atoms with Crippen LogP contribution in [0.25, 0.3) is 0 Å². The second-order valence-electron chi connectivity index (χ2n) is 4.52. The summed E-state index contributed by atoms with van der Waals surface area (Å²) in [5, 5.41) is 3.06. The van der Waals surface area contributed by atoms with Crippen LogP contribution in [0.5, 0.6) is 0 Å². The highest BCUT2D eigenvalue weighted by molar-refractivity contribution is 9.10. The lowest BCUT2D eigenvalue weighted by molar-refractivity contribution is -0.128. The predicted molar refractivity (Wildman–Crippen MR) is 69.8 cm³/mol. The molecular weight excluding hydrogens is 286 g/mol. The quantitative estimate of drug-likeness (QED) is 0.792. The summed E-state index contributed by atoms with van der Waals surface area (Å²) < 4.78 is 1.07. The van der Waals surface area contributed by atoms with Crippen LogP contribution in [0.1, 0.15) is 19.3 Å². The maximum absolute atomic E-state index is 12.1. The molecule has 1 aliphatic carbocycles. The van der Waals surface area contributed by atoms with Gasteiger partial charge in [0.25, 0.3) is 0 Å². The van der Waals surface area contributed by atoms with Gasteiger partial charge in [0.2, 0.25) is 5.91 Å². The fraction of sp³-hybridized carbons (Fsp3) is 0.417. The number of benzene rings is 1. The minimum absolute atomic E-state index is 0.0871. The van der Waals surface area contributed by atoms with Gasteiger partial charge in [-0.3, -0.25) is 4.79 Å². The average molecular weight is 298 g/mol. The molecule has 1 amide bonds. The van der Waals surface area contributed by atoms with E-state index in [4.69, 9.17) is 0 Å². The monoisotopic (exact) mass is 297 g/mol. The van der Waals surface area contributed by atoms with Crippen molar-refractivity contribution in [2.45, 2.75) is 24.2 Å². The summed E-state index contributed by atoms with van der Waals surface area (Å²) in [5.74, 6) is 1.13. The number of thioether (sulfide) groups is 1. The minimum atomic E-state index is -0.0871. The molecule has 0 bridgehead atoms. The number of amides is 1. The summed E-state index contributed by atoms with van der Waals surface area (Å²) in [6.07, 6.45) is 3.27. The maximum atomic E-state index is 12.1. The van der Waals surface area contributed by atoms with E-state index >= 15 is 0 Å². The van der Waals surface area contributed by atoms with Gasteiger partial charge in [-0.1, -0.05) is 22.4 Å². The van der Waals surface area contributed by atoms with E-state index in [0.29, 0.717) is 0 Å². The average Bonchev–Trinajstić information content (AvgIpc) is 2.33. The van der Waals surface area contributed by atoms with Crippen LogP contribution in [0, 0.1) is 5.41 Å². The number of carbonyl (C=O) groups excluding carboxylic acids is 1. The lowest BCUT2D eigenvalue weighted by Crippen LogP contribution is -2.43. The Hall–Kier alpha value is -0.480. The van der Waals surface area contributed by atoms with Crippen molar-refractivity contribution in [1.29, 1.82) is 0 Å². The van der Waals surface area contributed by atoms with Crippen molar-refractivity contribution >= 4 is 39.3 Å². The fourth-order valence-corrected chi connectivity index (χ4v) is 4.08. The van der Waals surface area contributed by atoms with Crippen LogP contribution in [0.3, 0.4) is 0 Å². The van der Waals surface area contributed by atoms with Crippen molar-refractivity contribution in [2.24, 2.45) is 5.41 Å². The number of anilines is 1. The predicted octanol–water partition coefficient (Wildman–Crippen LogP) is 3.66. The molecule has 1 aromatic rings. The van der Waals surface area contributed by atoms with E-state index in [0.717, 1.165) is 28.8 Å². The van der Waals surface area contributed by atoms with Gasteiger partial charge in [-0.05, 0) is 31.0 Å². The largest absolute Gasteiger partial charge is 0.325 e. The molecule has 1 aromatic carbocycles. The number of rotatable bonds is 0. The molecule has 0 radical (unpaired) electrons. The number of halogens is 1. The molecule has 2 nitrogen and oxygen atoms in total. The van der Waals surface area contributed by atoms with Crippen molar-refractivity contribution < 1.29 is 4.79 Å². The highest BCUT2D eigenvalue weighted by Crippen LogP contribution is 2.49. The molecule has 0 saturated heterocycles. The molecular formula is C12H12BrNOS. The maximum Gasteiger partial charge on any atom is 0.231 e. The van der Waals surface area contributed by atoms with E-state index in [1.54, 1.807) is 11.8 Å². The zero-order valence-corrected chi connectivity index (χ0v) is 11.2. The minimum Gasteiger partial charge on any atom is -0.325 e. The second kappa shape index (κ2) is 3.77. The molecule has 1 heterocycles. The van der Waals surface area contributed by atoms with Crippen molar-refractivity contribution in [1.82, 2.24) is 0 Å². The first-order valence-electron chi connectivity index (χ1n) is 5.43. The Kier molecular flexibility index (Phi) is 2.51. The van der Waals surface area contributed by atoms with Crippen LogP contribution in [-0.2, 0) is 4.79 Å². The lowest BCUT2D eigenvalue weighted by atomic mass is 9.69. The van der Waals surface area contributed by atoms with Gasteiger partial charge >= 0.3 is 0 Å². The van der Waals surface area contributed by atoms with Crippen LogP contribution < -0.4 is 5.32 Å². The molecule has 0 unspecified atom stereocenters. The molecule has 1 spiro atoms. The van der Waals surface area contributed by atoms with Gasteiger partial charge in [0, 0.05) is 15.1 Å². The third-order valence-electron chi connectivity index (χ3n) is 3.49. The van der Waals surface area contributed by atoms with Crippen molar-refractivity contribution in [3.05, 3.63) is 22.7 Å². The number of fused-ring (bicyclic) bond motifs is 1. The third-order valence-corrected chi connectivity index (χ3v) is 5.33. The zero-order valence-electron chi connectivity index (χ0n) is 8.75. The summed E-state index contributed by atoms with van der Waals surface area (Å²) >= 11 is 5.26. The molecule has 1 saturated carbocycles. The van der Waals surface area contributed by atoms with Crippen molar-refractivity contribution in [3.8, 4) is 0 Å². The summed E-state index contributed by atoms with van der Waals surface area (Å²) in [6, 6.07) is 6.03. The van der Waals surface area contributed by atoms with Gasteiger partial charge in [0.1, 0.15) is 0 Å². The van der Waals surface area contributed by atoms with E-state index in [1.165, 1.54) is 11.3 Å². The van der Waals surface area contributed by atoms with Gasteiger partial charge in [0.05, 0.1) is 11.1 Å². The number of hydrogen-bond donors (Lipinski definition) is 1. The zero-order chi connectivity index (χ0) is 11.2. The van der Waals surface area contributed by atoms with Crippen LogP contribution in [0.4, 0.5) is 5.69 Å². The molecule has 84 valence electrons. The smallest absolute Gasteiger partial charge is 0.231 e. The first kappa shape index (κ1) is 10.7. The number of hydrogen-bond acceptors (Lipinski definition) is 2. The van der Waals surface area contributed by atoms with Gasteiger partial charge in [-0.15, -0.1) is 11.8 Å². The number of nitrogens with one attached hydrogen (secondary N) is 1. The van der Waals surface area contributed by atoms with Crippen molar-refractivity contribution in [3.63, 3.8) is 0 Å². The van der Waals surface area contributed by atoms with Crippen LogP contribution in [0.2, 0.25) is 0 Å². The molecule has 16 heavy (non-hydrogen) atoms. The second-order valence-corrected chi connectivity index (χ2v) is 6.45. The standard InChI is InChI=1S/C12H12BrNOS/c13-8-2-3-9-10(6-8)16-7-12(4-1-5-12)11(15)14-9/h2-3,6H,1,4-5,7H2,(H,14,15). The normalized spacial score (nSPS) is 21.9. The van der Waals surface area contributed by atoms with Crippen LogP contribution >= 0.6 is 27.7 Å². The molecule has 1 N–H and O–H groups in total. The van der Waals surface area contributed by atoms with Gasteiger partial charge in [0.15, 0.2) is 0 Å². The Balaban J connectivity index is 1.96. The highest BCUT2D eigenvalue weighted by atomic mass is 79.9. The highest BCUT2D eigenvalue weighted by Gasteiger charge is 2.45. The lowest BCUT2D eigenvalue weighted by Gasteiger charge is -2.38. The molecule has 3 rings (SSSR count). The third kappa shape index (κ3) is 1.59. The molecule has 1 fully saturated rings. The Morgan fingerprint density at radius 2 is 2.19 bits per heavy atom. The van der Waals surface area contributed by atoms with Crippen LogP contribution in [0.15, 0.2) is 27.6 Å². The molecule has 1 aliphatic heterocycles. The molecule has 0 aromatic heterocycles. The summed E-state index contributed by atoms with van der Waals surface area (Å²) in [4.78, 5) is 13.3. The Bertz CT molecular complexity index is 456. The van der Waals surface area contributed by atoms with E-state index in [9.17, 15) is 4.79 Å². The topological polar surface area (TPSA) is 29.1 Å². The molecule has 4 heteroatoms. The van der Waals surface area contributed by atoms with Gasteiger partial charge < -0.3 is 5.32 Å². The summed E-state index contributed by atoms with van der Waals surface area (Å²) in [6.45, 7) is 0. The Morgan fingerprint density at radius 3 is 2.88 bits per heavy atom. The molecule has 0 atom stereocenters. The van der Waals surface area contributed by atoms with Gasteiger partial charge in [-0.25, -0.2) is 0 Å². The Morgan fingerprint density at radius 1 is 1.38 bits per heavy atom. The first-order valence-corrected chi connectivity index (χ1v) is 7.21. The number of carbonyl (C=O) groups is 1. The summed E-state index contributed by atoms with van der Waals surface area (Å²) in [5.41, 5.74) is 0.873. The van der Waals surface area contributed by atoms with E-state index in [-0.39, 0.29) is 11.3 Å². The van der Waals surface area contributed by atoms with E-state index in [2.05, 4.69) is 27.3 Å². The Labute approximate surface area is 107 Å². The van der Waals surface area contributed by atoms with Crippen molar-refractivity contribution in [2.75, 3.05) is 11.1 Å². The fourth-order valence-electron chi connectivity index (χ4n) is 2.23. The van der Waals surface area contributed by atoms with Crippen LogP contribution in [-0.4, -0.2) is 11.7 Å². The first-order chi connectivity index (χ1) is 7.70. The van der Waals surface area contributed by atoms with E-state index < -0.39 is 0 Å². The SMILES string of the molecule is O=C1Nc2ccc(Br)cc2SCC12CCC2. The van der Waals surface area contributed by atoms with Gasteiger partial charge in [-0.2, -0.15) is 0 Å². The summed E-state index contributed by atoms with van der Waals surface area (Å²) in [7, 11) is 0.